The van der Waals surface area contributed by atoms with Gasteiger partial charge >= 0.3 is 5.97 Å². The van der Waals surface area contributed by atoms with E-state index in [4.69, 9.17) is 27.9 Å². The lowest BCUT2D eigenvalue weighted by Gasteiger charge is -2.20. The quantitative estimate of drug-likeness (QED) is 0.592. The molecule has 1 N–H and O–H groups in total. The SMILES string of the molecule is CC(C(=O)OCC(=O)Nc1cc(Cl)ccc1Cl)N1C(=O)c2ccccc2C1=O. The Bertz CT molecular complexity index is 957. The number of halogens is 2. The Morgan fingerprint density at radius 1 is 1.07 bits per heavy atom. The summed E-state index contributed by atoms with van der Waals surface area (Å²) in [4.78, 5) is 49.9. The molecule has 1 atom stereocenters. The van der Waals surface area contributed by atoms with Crippen molar-refractivity contribution in [3.63, 3.8) is 0 Å². The van der Waals surface area contributed by atoms with Gasteiger partial charge in [-0.15, -0.1) is 0 Å². The second-order valence-electron chi connectivity index (χ2n) is 5.98. The molecular weight excluding hydrogens is 407 g/mol. The summed E-state index contributed by atoms with van der Waals surface area (Å²) >= 11 is 11.8. The molecule has 0 saturated carbocycles. The van der Waals surface area contributed by atoms with E-state index in [2.05, 4.69) is 5.32 Å². The minimum Gasteiger partial charge on any atom is -0.454 e. The molecule has 7 nitrogen and oxygen atoms in total. The highest BCUT2D eigenvalue weighted by Gasteiger charge is 2.41. The van der Waals surface area contributed by atoms with Gasteiger partial charge in [-0.1, -0.05) is 35.3 Å². The van der Waals surface area contributed by atoms with Gasteiger partial charge in [0.1, 0.15) is 6.04 Å². The van der Waals surface area contributed by atoms with Gasteiger partial charge in [-0.25, -0.2) is 4.79 Å². The Labute approximate surface area is 170 Å². The lowest BCUT2D eigenvalue weighted by atomic mass is 10.1. The van der Waals surface area contributed by atoms with Crippen LogP contribution in [0.3, 0.4) is 0 Å². The number of carbonyl (C=O) groups is 4. The number of esters is 1. The van der Waals surface area contributed by atoms with Crippen LogP contribution in [0.25, 0.3) is 0 Å². The summed E-state index contributed by atoms with van der Waals surface area (Å²) < 4.78 is 4.94. The summed E-state index contributed by atoms with van der Waals surface area (Å²) in [5.74, 6) is -2.70. The number of hydrogen-bond donors (Lipinski definition) is 1. The third-order valence-corrected chi connectivity index (χ3v) is 4.67. The highest BCUT2D eigenvalue weighted by atomic mass is 35.5. The first-order valence-corrected chi connectivity index (χ1v) is 8.93. The first kappa shape index (κ1) is 19.9. The molecule has 0 spiro atoms. The molecule has 2 aromatic carbocycles. The van der Waals surface area contributed by atoms with Gasteiger partial charge in [0.15, 0.2) is 6.61 Å². The number of ether oxygens (including phenoxy) is 1. The number of nitrogens with one attached hydrogen (secondary N) is 1. The number of hydrogen-bond acceptors (Lipinski definition) is 5. The normalized spacial score (nSPS) is 13.9. The number of amides is 3. The van der Waals surface area contributed by atoms with Crippen LogP contribution in [0.2, 0.25) is 10.0 Å². The van der Waals surface area contributed by atoms with Crippen LogP contribution in [0, 0.1) is 0 Å². The molecule has 1 aliphatic heterocycles. The van der Waals surface area contributed by atoms with Gasteiger partial charge < -0.3 is 10.1 Å². The smallest absolute Gasteiger partial charge is 0.329 e. The summed E-state index contributed by atoms with van der Waals surface area (Å²) in [7, 11) is 0. The van der Waals surface area contributed by atoms with Crippen molar-refractivity contribution in [2.75, 3.05) is 11.9 Å². The molecule has 0 fully saturated rings. The van der Waals surface area contributed by atoms with Crippen LogP contribution in [0.4, 0.5) is 5.69 Å². The largest absolute Gasteiger partial charge is 0.454 e. The van der Waals surface area contributed by atoms with E-state index in [1.807, 2.05) is 0 Å². The number of nitrogens with zero attached hydrogens (tertiary/aromatic N) is 1. The lowest BCUT2D eigenvalue weighted by molar-refractivity contribution is -0.150. The Hall–Kier alpha value is -2.90. The predicted octanol–water partition coefficient (Wildman–Crippen LogP) is 3.16. The van der Waals surface area contributed by atoms with E-state index < -0.39 is 36.3 Å². The highest BCUT2D eigenvalue weighted by molar-refractivity contribution is 6.35. The van der Waals surface area contributed by atoms with Gasteiger partial charge in [0.05, 0.1) is 21.8 Å². The van der Waals surface area contributed by atoms with Gasteiger partial charge in [0.2, 0.25) is 0 Å². The second kappa shape index (κ2) is 8.00. The number of rotatable bonds is 5. The van der Waals surface area contributed by atoms with E-state index in [0.717, 1.165) is 4.90 Å². The topological polar surface area (TPSA) is 92.8 Å². The molecule has 0 saturated heterocycles. The number of anilines is 1. The van der Waals surface area contributed by atoms with Crippen molar-refractivity contribution in [1.82, 2.24) is 4.90 Å². The van der Waals surface area contributed by atoms with Crippen molar-refractivity contribution >= 4 is 52.6 Å². The minimum atomic E-state index is -1.19. The van der Waals surface area contributed by atoms with Crippen molar-refractivity contribution in [3.05, 3.63) is 63.6 Å². The van der Waals surface area contributed by atoms with Gasteiger partial charge in [0.25, 0.3) is 17.7 Å². The van der Waals surface area contributed by atoms with Crippen molar-refractivity contribution in [1.29, 1.82) is 0 Å². The molecule has 2 aromatic rings. The zero-order valence-electron chi connectivity index (χ0n) is 14.6. The molecular formula is C19H14Cl2N2O5. The predicted molar refractivity (Wildman–Crippen MR) is 102 cm³/mol. The van der Waals surface area contributed by atoms with E-state index in [9.17, 15) is 19.2 Å². The van der Waals surface area contributed by atoms with E-state index >= 15 is 0 Å². The van der Waals surface area contributed by atoms with Crippen LogP contribution in [0.15, 0.2) is 42.5 Å². The summed E-state index contributed by atoms with van der Waals surface area (Å²) in [6.45, 7) is 0.741. The standard InChI is InChI=1S/C19H14Cl2N2O5/c1-10(23-17(25)12-4-2-3-5-13(12)18(23)26)19(27)28-9-16(24)22-15-8-11(20)6-7-14(15)21/h2-8,10H,9H2,1H3,(H,22,24). The van der Waals surface area contributed by atoms with Gasteiger partial charge in [-0.05, 0) is 37.3 Å². The summed E-state index contributed by atoms with van der Waals surface area (Å²) in [6, 6.07) is 9.61. The molecule has 9 heteroatoms. The Balaban J connectivity index is 1.61. The number of carbonyl (C=O) groups excluding carboxylic acids is 4. The Morgan fingerprint density at radius 2 is 1.68 bits per heavy atom. The molecule has 0 aliphatic carbocycles. The number of imide groups is 1. The van der Waals surface area contributed by atoms with Crippen molar-refractivity contribution in [2.24, 2.45) is 0 Å². The summed E-state index contributed by atoms with van der Waals surface area (Å²) in [6.07, 6.45) is 0. The lowest BCUT2D eigenvalue weighted by Crippen LogP contribution is -2.44. The van der Waals surface area contributed by atoms with E-state index in [0.29, 0.717) is 5.02 Å². The second-order valence-corrected chi connectivity index (χ2v) is 6.83. The fraction of sp³-hybridized carbons (Fsp3) is 0.158. The molecule has 1 heterocycles. The van der Waals surface area contributed by atoms with Crippen molar-refractivity contribution < 1.29 is 23.9 Å². The molecule has 3 rings (SSSR count). The first-order valence-electron chi connectivity index (χ1n) is 8.18. The zero-order valence-corrected chi connectivity index (χ0v) is 16.1. The summed E-state index contributed by atoms with van der Waals surface area (Å²) in [5.41, 5.74) is 0.713. The molecule has 144 valence electrons. The molecule has 1 unspecified atom stereocenters. The van der Waals surface area contributed by atoms with Crippen molar-refractivity contribution in [3.8, 4) is 0 Å². The molecule has 1 aliphatic rings. The number of benzene rings is 2. The fourth-order valence-electron chi connectivity index (χ4n) is 2.70. The van der Waals surface area contributed by atoms with Crippen LogP contribution in [-0.2, 0) is 14.3 Å². The third-order valence-electron chi connectivity index (χ3n) is 4.10. The third kappa shape index (κ3) is 3.85. The van der Waals surface area contributed by atoms with E-state index in [-0.39, 0.29) is 21.8 Å². The molecule has 3 amide bonds. The minimum absolute atomic E-state index is 0.223. The molecule has 0 radical (unpaired) electrons. The highest BCUT2D eigenvalue weighted by Crippen LogP contribution is 2.26. The maximum Gasteiger partial charge on any atom is 0.329 e. The fourth-order valence-corrected chi connectivity index (χ4v) is 3.04. The Kier molecular flexibility index (Phi) is 5.67. The number of fused-ring (bicyclic) bond motifs is 1. The van der Waals surface area contributed by atoms with E-state index in [1.165, 1.54) is 31.2 Å². The van der Waals surface area contributed by atoms with Gasteiger partial charge in [-0.3, -0.25) is 19.3 Å². The maximum atomic E-state index is 12.4. The molecule has 28 heavy (non-hydrogen) atoms. The van der Waals surface area contributed by atoms with E-state index in [1.54, 1.807) is 18.2 Å². The monoisotopic (exact) mass is 420 g/mol. The van der Waals surface area contributed by atoms with Crippen LogP contribution < -0.4 is 5.32 Å². The van der Waals surface area contributed by atoms with Crippen LogP contribution >= 0.6 is 23.2 Å². The van der Waals surface area contributed by atoms with Crippen LogP contribution in [-0.4, -0.2) is 41.2 Å². The van der Waals surface area contributed by atoms with Gasteiger partial charge in [0, 0.05) is 5.02 Å². The van der Waals surface area contributed by atoms with Crippen LogP contribution in [0.1, 0.15) is 27.6 Å². The zero-order chi connectivity index (χ0) is 20.4. The van der Waals surface area contributed by atoms with Crippen LogP contribution in [0.5, 0.6) is 0 Å². The average molecular weight is 421 g/mol. The average Bonchev–Trinajstić information content (AvgIpc) is 2.93. The summed E-state index contributed by atoms with van der Waals surface area (Å²) in [5, 5.41) is 3.10. The maximum absolute atomic E-state index is 12.4. The first-order chi connectivity index (χ1) is 13.3. The molecule has 0 bridgehead atoms. The van der Waals surface area contributed by atoms with Gasteiger partial charge in [-0.2, -0.15) is 0 Å². The molecule has 0 aromatic heterocycles. The Morgan fingerprint density at radius 3 is 2.29 bits per heavy atom. The van der Waals surface area contributed by atoms with Crippen molar-refractivity contribution in [2.45, 2.75) is 13.0 Å².